The highest BCUT2D eigenvalue weighted by atomic mass is 127. The highest BCUT2D eigenvalue weighted by Gasteiger charge is 2.35. The zero-order valence-corrected chi connectivity index (χ0v) is 19.8. The lowest BCUT2D eigenvalue weighted by Gasteiger charge is -2.27. The van der Waals surface area contributed by atoms with Gasteiger partial charge in [-0.2, -0.15) is 0 Å². The molecule has 0 aromatic heterocycles. The summed E-state index contributed by atoms with van der Waals surface area (Å²) in [6, 6.07) is 10.5. The first-order valence-electron chi connectivity index (χ1n) is 9.50. The number of rotatable bonds is 6. The molecule has 1 aromatic carbocycles. The molecule has 1 atom stereocenters. The van der Waals surface area contributed by atoms with E-state index in [1.165, 1.54) is 30.6 Å². The van der Waals surface area contributed by atoms with Crippen molar-refractivity contribution in [3.05, 3.63) is 30.3 Å². The molecule has 5 nitrogen and oxygen atoms in total. The first kappa shape index (κ1) is 22.8. The molecule has 0 bridgehead atoms. The van der Waals surface area contributed by atoms with Crippen LogP contribution in [0.1, 0.15) is 39.0 Å². The molecule has 2 aliphatic rings. The summed E-state index contributed by atoms with van der Waals surface area (Å²) in [5, 5.41) is 6.60. The third-order valence-corrected chi connectivity index (χ3v) is 8.28. The quantitative estimate of drug-likeness (QED) is 0.340. The summed E-state index contributed by atoms with van der Waals surface area (Å²) in [4.78, 5) is 6.15. The fourth-order valence-corrected chi connectivity index (χ4v) is 6.78. The van der Waals surface area contributed by atoms with Crippen LogP contribution in [-0.4, -0.2) is 49.8 Å². The van der Waals surface area contributed by atoms with Crippen LogP contribution in [-0.2, 0) is 9.84 Å². The zero-order valence-electron chi connectivity index (χ0n) is 15.8. The molecule has 8 heteroatoms. The summed E-state index contributed by atoms with van der Waals surface area (Å²) in [7, 11) is -2.89. The van der Waals surface area contributed by atoms with Crippen LogP contribution < -0.4 is 10.6 Å². The molecule has 1 unspecified atom stereocenters. The predicted octanol–water partition coefficient (Wildman–Crippen LogP) is 3.45. The van der Waals surface area contributed by atoms with Crippen molar-refractivity contribution in [2.75, 3.05) is 24.6 Å². The number of nitrogens with zero attached hydrogens (tertiary/aromatic N) is 1. The number of hydrogen-bond acceptors (Lipinski definition) is 4. The molecule has 3 rings (SSSR count). The van der Waals surface area contributed by atoms with Crippen molar-refractivity contribution in [3.8, 4) is 0 Å². The van der Waals surface area contributed by atoms with E-state index in [0.29, 0.717) is 6.42 Å². The Morgan fingerprint density at radius 3 is 2.56 bits per heavy atom. The van der Waals surface area contributed by atoms with Crippen LogP contribution in [0, 0.1) is 0 Å². The Balaban J connectivity index is 0.00000261. The lowest BCUT2D eigenvalue weighted by atomic mass is 10.1. The van der Waals surface area contributed by atoms with E-state index in [0.717, 1.165) is 19.0 Å². The summed E-state index contributed by atoms with van der Waals surface area (Å²) in [6.45, 7) is 3.55. The highest BCUT2D eigenvalue weighted by molar-refractivity contribution is 14.0. The zero-order chi connectivity index (χ0) is 18.5. The molecule has 27 heavy (non-hydrogen) atoms. The van der Waals surface area contributed by atoms with Crippen LogP contribution in [0.4, 0.5) is 0 Å². The van der Waals surface area contributed by atoms with Gasteiger partial charge in [-0.1, -0.05) is 31.0 Å². The van der Waals surface area contributed by atoms with Gasteiger partial charge in [-0.15, -0.1) is 35.7 Å². The summed E-state index contributed by atoms with van der Waals surface area (Å²) in [5.74, 6) is 1.23. The van der Waals surface area contributed by atoms with E-state index in [2.05, 4.69) is 34.9 Å². The average molecular weight is 524 g/mol. The molecule has 1 saturated heterocycles. The van der Waals surface area contributed by atoms with Crippen LogP contribution in [0.15, 0.2) is 40.2 Å². The molecule has 1 aliphatic heterocycles. The SMILES string of the molecule is CCNC(=NCC1(Sc2ccccc2)CCCC1)NC1CCS(=O)(=O)C1.I. The van der Waals surface area contributed by atoms with E-state index in [1.54, 1.807) is 0 Å². The monoisotopic (exact) mass is 523 g/mol. The number of thioether (sulfide) groups is 1. The topological polar surface area (TPSA) is 70.6 Å². The van der Waals surface area contributed by atoms with E-state index >= 15 is 0 Å². The predicted molar refractivity (Wildman–Crippen MR) is 125 cm³/mol. The van der Waals surface area contributed by atoms with Crippen molar-refractivity contribution in [2.24, 2.45) is 4.99 Å². The van der Waals surface area contributed by atoms with Crippen molar-refractivity contribution >= 4 is 51.5 Å². The van der Waals surface area contributed by atoms with Gasteiger partial charge in [-0.25, -0.2) is 8.42 Å². The summed E-state index contributed by atoms with van der Waals surface area (Å²) < 4.78 is 23.5. The first-order valence-corrected chi connectivity index (χ1v) is 12.1. The van der Waals surface area contributed by atoms with Crippen molar-refractivity contribution in [3.63, 3.8) is 0 Å². The maximum absolute atomic E-state index is 11.7. The van der Waals surface area contributed by atoms with Gasteiger partial charge < -0.3 is 10.6 Å². The molecule has 0 spiro atoms. The number of guanidine groups is 1. The van der Waals surface area contributed by atoms with E-state index in [9.17, 15) is 8.42 Å². The summed E-state index contributed by atoms with van der Waals surface area (Å²) in [5.41, 5.74) is 0. The van der Waals surface area contributed by atoms with Gasteiger partial charge in [0.1, 0.15) is 0 Å². The molecule has 1 heterocycles. The number of sulfone groups is 1. The second-order valence-corrected chi connectivity index (χ2v) is 11.0. The van der Waals surface area contributed by atoms with Crippen LogP contribution >= 0.6 is 35.7 Å². The lowest BCUT2D eigenvalue weighted by molar-refractivity contribution is 0.597. The van der Waals surface area contributed by atoms with Gasteiger partial charge in [0.2, 0.25) is 0 Å². The Morgan fingerprint density at radius 2 is 1.96 bits per heavy atom. The molecule has 152 valence electrons. The number of nitrogens with one attached hydrogen (secondary N) is 2. The number of aliphatic imine (C=N–C) groups is 1. The Hall–Kier alpha value is -0.480. The largest absolute Gasteiger partial charge is 0.357 e. The Labute approximate surface area is 184 Å². The summed E-state index contributed by atoms with van der Waals surface area (Å²) in [6.07, 6.45) is 5.51. The number of halogens is 1. The van der Waals surface area contributed by atoms with Crippen molar-refractivity contribution in [1.29, 1.82) is 0 Å². The Bertz CT molecular complexity index is 720. The van der Waals surface area contributed by atoms with Gasteiger partial charge in [0.05, 0.1) is 18.1 Å². The van der Waals surface area contributed by atoms with Gasteiger partial charge in [0, 0.05) is 22.2 Å². The third kappa shape index (κ3) is 6.81. The molecule has 2 fully saturated rings. The van der Waals surface area contributed by atoms with Crippen LogP contribution in [0.5, 0.6) is 0 Å². The van der Waals surface area contributed by atoms with E-state index < -0.39 is 9.84 Å². The van der Waals surface area contributed by atoms with Crippen LogP contribution in [0.3, 0.4) is 0 Å². The third-order valence-electron chi connectivity index (χ3n) is 5.04. The maximum Gasteiger partial charge on any atom is 0.191 e. The molecule has 0 radical (unpaired) electrons. The lowest BCUT2D eigenvalue weighted by Crippen LogP contribution is -2.44. The van der Waals surface area contributed by atoms with E-state index in [4.69, 9.17) is 4.99 Å². The molecule has 2 N–H and O–H groups in total. The Kier molecular flexibility index (Phi) is 8.73. The average Bonchev–Trinajstić information content (AvgIpc) is 3.21. The van der Waals surface area contributed by atoms with E-state index in [-0.39, 0.29) is 46.3 Å². The molecular weight excluding hydrogens is 493 g/mol. The van der Waals surface area contributed by atoms with Crippen molar-refractivity contribution in [2.45, 2.75) is 54.7 Å². The fraction of sp³-hybridized carbons (Fsp3) is 0.632. The van der Waals surface area contributed by atoms with Crippen LogP contribution in [0.2, 0.25) is 0 Å². The minimum atomic E-state index is -2.89. The van der Waals surface area contributed by atoms with Gasteiger partial charge in [-0.3, -0.25) is 4.99 Å². The van der Waals surface area contributed by atoms with Gasteiger partial charge in [-0.05, 0) is 38.3 Å². The number of hydrogen-bond donors (Lipinski definition) is 2. The Morgan fingerprint density at radius 1 is 1.26 bits per heavy atom. The first-order chi connectivity index (χ1) is 12.5. The minimum Gasteiger partial charge on any atom is -0.357 e. The molecular formula is C19H30IN3O2S2. The second-order valence-electron chi connectivity index (χ2n) is 7.24. The molecule has 0 amide bonds. The van der Waals surface area contributed by atoms with E-state index in [1.807, 2.05) is 24.8 Å². The standard InChI is InChI=1S/C19H29N3O2S2.HI/c1-2-20-18(22-16-10-13-26(23,24)14-16)21-15-19(11-6-7-12-19)25-17-8-4-3-5-9-17;/h3-5,8-9,16H,2,6-7,10-15H2,1H3,(H2,20,21,22);1H. The second kappa shape index (κ2) is 10.3. The van der Waals surface area contributed by atoms with Crippen molar-refractivity contribution in [1.82, 2.24) is 10.6 Å². The molecule has 1 aliphatic carbocycles. The smallest absolute Gasteiger partial charge is 0.191 e. The summed E-state index contributed by atoms with van der Waals surface area (Å²) >= 11 is 1.94. The van der Waals surface area contributed by atoms with Crippen molar-refractivity contribution < 1.29 is 8.42 Å². The molecule has 1 saturated carbocycles. The molecule has 1 aromatic rings. The van der Waals surface area contributed by atoms with Gasteiger partial charge in [0.25, 0.3) is 0 Å². The fourth-order valence-electron chi connectivity index (χ4n) is 3.70. The van der Waals surface area contributed by atoms with Crippen LogP contribution in [0.25, 0.3) is 0 Å². The highest BCUT2D eigenvalue weighted by Crippen LogP contribution is 2.45. The number of benzene rings is 1. The minimum absolute atomic E-state index is 0. The van der Waals surface area contributed by atoms with Gasteiger partial charge >= 0.3 is 0 Å². The van der Waals surface area contributed by atoms with Gasteiger partial charge in [0.15, 0.2) is 15.8 Å². The normalized spacial score (nSPS) is 23.6. The maximum atomic E-state index is 11.7.